The number of aliphatic hydroxyl groups excluding tert-OH is 1. The lowest BCUT2D eigenvalue weighted by molar-refractivity contribution is 0.245. The summed E-state index contributed by atoms with van der Waals surface area (Å²) in [6.45, 7) is 3.84. The maximum atomic E-state index is 10.4. The van der Waals surface area contributed by atoms with Crippen LogP contribution >= 0.6 is 0 Å². The predicted molar refractivity (Wildman–Crippen MR) is 110 cm³/mol. The minimum atomic E-state index is -1.52. The van der Waals surface area contributed by atoms with Crippen LogP contribution in [0.5, 0.6) is 11.5 Å². The Bertz CT molecular complexity index is 895. The number of benzene rings is 2. The van der Waals surface area contributed by atoms with E-state index >= 15 is 0 Å². The largest absolute Gasteiger partial charge is 0.508 e. The van der Waals surface area contributed by atoms with Crippen molar-refractivity contribution in [3.63, 3.8) is 0 Å². The van der Waals surface area contributed by atoms with Gasteiger partial charge in [-0.1, -0.05) is 19.9 Å². The summed E-state index contributed by atoms with van der Waals surface area (Å²) in [6, 6.07) is 8.70. The fourth-order valence-electron chi connectivity index (χ4n) is 3.75. The van der Waals surface area contributed by atoms with E-state index in [-0.39, 0.29) is 23.3 Å². The number of amidine groups is 1. The van der Waals surface area contributed by atoms with Gasteiger partial charge in [-0.25, -0.2) is 0 Å². The number of nitrogens with two attached hydrogens (primary N) is 2. The number of anilines is 1. The molecule has 0 saturated carbocycles. The first-order valence-electron chi connectivity index (χ1n) is 9.45. The van der Waals surface area contributed by atoms with E-state index in [9.17, 15) is 15.3 Å². The highest BCUT2D eigenvalue weighted by atomic mass is 16.3. The van der Waals surface area contributed by atoms with Gasteiger partial charge in [-0.2, -0.15) is 0 Å². The van der Waals surface area contributed by atoms with Crippen LogP contribution in [0.4, 0.5) is 5.69 Å². The number of phenolic OH excluding ortho intramolecular Hbond substituents is 2. The second-order valence-corrected chi connectivity index (χ2v) is 7.58. The number of aromatic hydroxyl groups is 2. The Morgan fingerprint density at radius 3 is 2.29 bits per heavy atom. The lowest BCUT2D eigenvalue weighted by Gasteiger charge is -2.33. The first-order valence-corrected chi connectivity index (χ1v) is 9.45. The van der Waals surface area contributed by atoms with Gasteiger partial charge in [0.05, 0.1) is 0 Å². The SMILES string of the molecule is CC(C)c1cc(C(N)N(C(=N)C(N)O)c2ccc3c(c2)CCC3)c(O)cc1O. The van der Waals surface area contributed by atoms with Crippen LogP contribution < -0.4 is 16.4 Å². The van der Waals surface area contributed by atoms with Crippen molar-refractivity contribution in [2.24, 2.45) is 11.5 Å². The first-order chi connectivity index (χ1) is 13.2. The van der Waals surface area contributed by atoms with Crippen molar-refractivity contribution in [3.8, 4) is 11.5 Å². The van der Waals surface area contributed by atoms with Gasteiger partial charge in [0.25, 0.3) is 0 Å². The monoisotopic (exact) mass is 384 g/mol. The number of nitrogens with zero attached hydrogens (tertiary/aromatic N) is 1. The zero-order valence-corrected chi connectivity index (χ0v) is 16.2. The number of nitrogens with one attached hydrogen (secondary N) is 1. The van der Waals surface area contributed by atoms with Crippen LogP contribution in [0.1, 0.15) is 54.6 Å². The average molecular weight is 384 g/mol. The number of hydrogen-bond acceptors (Lipinski definition) is 6. The molecule has 0 aliphatic heterocycles. The van der Waals surface area contributed by atoms with Gasteiger partial charge >= 0.3 is 0 Å². The molecule has 1 aliphatic carbocycles. The van der Waals surface area contributed by atoms with Crippen LogP contribution in [-0.4, -0.2) is 27.4 Å². The Hall–Kier alpha value is -2.61. The average Bonchev–Trinajstić information content (AvgIpc) is 3.09. The van der Waals surface area contributed by atoms with Crippen LogP contribution in [0.15, 0.2) is 30.3 Å². The van der Waals surface area contributed by atoms with Crippen molar-refractivity contribution in [3.05, 3.63) is 52.6 Å². The molecule has 0 fully saturated rings. The van der Waals surface area contributed by atoms with Crippen LogP contribution in [0.25, 0.3) is 0 Å². The normalized spacial score (nSPS) is 15.4. The zero-order valence-electron chi connectivity index (χ0n) is 16.2. The van der Waals surface area contributed by atoms with Crippen molar-refractivity contribution in [2.75, 3.05) is 4.90 Å². The highest BCUT2D eigenvalue weighted by Crippen LogP contribution is 2.37. The minimum Gasteiger partial charge on any atom is -0.508 e. The van der Waals surface area contributed by atoms with Crippen molar-refractivity contribution in [1.29, 1.82) is 5.41 Å². The summed E-state index contributed by atoms with van der Waals surface area (Å²) in [7, 11) is 0. The van der Waals surface area contributed by atoms with Gasteiger partial charge in [0.1, 0.15) is 23.5 Å². The number of aliphatic hydroxyl groups is 1. The summed E-state index contributed by atoms with van der Waals surface area (Å²) in [6.07, 6.45) is 0.562. The van der Waals surface area contributed by atoms with Crippen molar-refractivity contribution in [2.45, 2.75) is 51.4 Å². The van der Waals surface area contributed by atoms with E-state index in [4.69, 9.17) is 16.9 Å². The zero-order chi connectivity index (χ0) is 20.6. The third-order valence-electron chi connectivity index (χ3n) is 5.29. The molecule has 0 amide bonds. The second-order valence-electron chi connectivity index (χ2n) is 7.58. The van der Waals surface area contributed by atoms with Crippen LogP contribution in [0.3, 0.4) is 0 Å². The molecule has 1 aliphatic rings. The Morgan fingerprint density at radius 2 is 1.64 bits per heavy atom. The Balaban J connectivity index is 2.09. The maximum absolute atomic E-state index is 10.4. The minimum absolute atomic E-state index is 0.0125. The fraction of sp³-hybridized carbons (Fsp3) is 0.381. The Kier molecular flexibility index (Phi) is 5.60. The predicted octanol–water partition coefficient (Wildman–Crippen LogP) is 2.43. The standard InChI is InChI=1S/C21H28N4O3/c1-11(2)15-9-16(18(27)10-17(15)26)19(22)25(20(23)21(24)28)14-7-6-12-4-3-5-13(12)8-14/h6-11,19,21,23,26-28H,3-5,22,24H2,1-2H3. The fourth-order valence-corrected chi connectivity index (χ4v) is 3.75. The summed E-state index contributed by atoms with van der Waals surface area (Å²) >= 11 is 0. The summed E-state index contributed by atoms with van der Waals surface area (Å²) in [5, 5.41) is 38.7. The van der Waals surface area contributed by atoms with Gasteiger partial charge in [0.2, 0.25) is 0 Å². The van der Waals surface area contributed by atoms with Gasteiger partial charge in [-0.05, 0) is 60.1 Å². The summed E-state index contributed by atoms with van der Waals surface area (Å²) in [5.74, 6) is -0.454. The van der Waals surface area contributed by atoms with Crippen LogP contribution in [0.2, 0.25) is 0 Å². The van der Waals surface area contributed by atoms with E-state index in [1.54, 1.807) is 6.07 Å². The number of fused-ring (bicyclic) bond motifs is 1. The van der Waals surface area contributed by atoms with Crippen LogP contribution in [-0.2, 0) is 12.8 Å². The van der Waals surface area contributed by atoms with Gasteiger partial charge in [0.15, 0.2) is 6.23 Å². The van der Waals surface area contributed by atoms with Gasteiger partial charge < -0.3 is 26.0 Å². The molecule has 8 N–H and O–H groups in total. The maximum Gasteiger partial charge on any atom is 0.161 e. The first kappa shape index (κ1) is 20.1. The number of phenols is 2. The molecule has 0 aromatic heterocycles. The molecule has 150 valence electrons. The molecule has 7 nitrogen and oxygen atoms in total. The van der Waals surface area contributed by atoms with Crippen molar-refractivity contribution >= 4 is 11.5 Å². The number of rotatable bonds is 5. The number of aryl methyl sites for hydroxylation is 2. The molecule has 28 heavy (non-hydrogen) atoms. The highest BCUT2D eigenvalue weighted by Gasteiger charge is 2.28. The quantitative estimate of drug-likeness (QED) is 0.266. The van der Waals surface area contributed by atoms with Gasteiger partial charge in [-0.3, -0.25) is 11.1 Å². The van der Waals surface area contributed by atoms with Gasteiger partial charge in [-0.15, -0.1) is 0 Å². The third-order valence-corrected chi connectivity index (χ3v) is 5.29. The molecule has 0 saturated heterocycles. The van der Waals surface area contributed by atoms with E-state index in [0.717, 1.165) is 19.3 Å². The summed E-state index contributed by atoms with van der Waals surface area (Å²) in [5.41, 5.74) is 16.1. The summed E-state index contributed by atoms with van der Waals surface area (Å²) in [4.78, 5) is 1.42. The Morgan fingerprint density at radius 1 is 1.00 bits per heavy atom. The molecule has 2 atom stereocenters. The van der Waals surface area contributed by atoms with Crippen LogP contribution in [0, 0.1) is 5.41 Å². The smallest absolute Gasteiger partial charge is 0.161 e. The molecule has 3 rings (SSSR count). The second kappa shape index (κ2) is 7.79. The number of hydrogen-bond donors (Lipinski definition) is 6. The Labute approximate surface area is 164 Å². The van der Waals surface area contributed by atoms with E-state index in [1.807, 2.05) is 32.0 Å². The van der Waals surface area contributed by atoms with E-state index in [2.05, 4.69) is 0 Å². The highest BCUT2D eigenvalue weighted by molar-refractivity contribution is 5.99. The topological polar surface area (TPSA) is 140 Å². The van der Waals surface area contributed by atoms with E-state index in [0.29, 0.717) is 16.8 Å². The molecular formula is C21H28N4O3. The van der Waals surface area contributed by atoms with Gasteiger partial charge in [0, 0.05) is 17.3 Å². The summed E-state index contributed by atoms with van der Waals surface area (Å²) < 4.78 is 0. The third kappa shape index (κ3) is 3.69. The molecule has 0 bridgehead atoms. The van der Waals surface area contributed by atoms with E-state index < -0.39 is 12.4 Å². The molecule has 2 aromatic rings. The lowest BCUT2D eigenvalue weighted by Crippen LogP contribution is -2.47. The lowest BCUT2D eigenvalue weighted by atomic mass is 9.97. The molecular weight excluding hydrogens is 356 g/mol. The molecule has 2 unspecified atom stereocenters. The van der Waals surface area contributed by atoms with Crippen molar-refractivity contribution in [1.82, 2.24) is 0 Å². The molecule has 2 aromatic carbocycles. The van der Waals surface area contributed by atoms with E-state index in [1.165, 1.54) is 22.1 Å². The molecule has 0 spiro atoms. The molecule has 7 heteroatoms. The van der Waals surface area contributed by atoms with Crippen molar-refractivity contribution < 1.29 is 15.3 Å². The molecule has 0 heterocycles. The molecule has 0 radical (unpaired) electrons.